The van der Waals surface area contributed by atoms with Crippen molar-refractivity contribution in [3.05, 3.63) is 35.4 Å². The monoisotopic (exact) mass is 364 g/mol. The molecule has 2 aliphatic rings. The molecule has 0 unspecified atom stereocenters. The minimum atomic E-state index is -3.33. The second kappa shape index (κ2) is 7.87. The van der Waals surface area contributed by atoms with Gasteiger partial charge < -0.3 is 4.90 Å². The van der Waals surface area contributed by atoms with Crippen LogP contribution >= 0.6 is 0 Å². The number of rotatable bonds is 4. The highest BCUT2D eigenvalue weighted by molar-refractivity contribution is 7.88. The first-order valence-corrected chi connectivity index (χ1v) is 10.9. The third kappa shape index (κ3) is 4.61. The summed E-state index contributed by atoms with van der Waals surface area (Å²) in [5, 5.41) is 0. The van der Waals surface area contributed by atoms with E-state index in [0.29, 0.717) is 26.2 Å². The van der Waals surface area contributed by atoms with Gasteiger partial charge in [0.2, 0.25) is 15.9 Å². The van der Waals surface area contributed by atoms with Crippen LogP contribution < -0.4 is 0 Å². The second-order valence-corrected chi connectivity index (χ2v) is 9.27. The molecule has 0 spiro atoms. The van der Waals surface area contributed by atoms with Crippen LogP contribution in [0.1, 0.15) is 43.2 Å². The summed E-state index contributed by atoms with van der Waals surface area (Å²) in [6.45, 7) is 3.84. The number of carbonyl (C=O) groups is 1. The number of piperazine rings is 1. The molecule has 1 aromatic rings. The van der Waals surface area contributed by atoms with Crippen LogP contribution in [-0.2, 0) is 20.6 Å². The molecule has 1 aliphatic carbocycles. The Kier molecular flexibility index (Phi) is 5.79. The third-order valence-electron chi connectivity index (χ3n) is 5.37. The molecule has 3 rings (SSSR count). The first kappa shape index (κ1) is 18.4. The van der Waals surface area contributed by atoms with Gasteiger partial charge in [0.1, 0.15) is 0 Å². The number of carbonyl (C=O) groups excluding carboxylic acids is 1. The van der Waals surface area contributed by atoms with Crippen molar-refractivity contribution in [2.75, 3.05) is 26.2 Å². The smallest absolute Gasteiger partial charge is 0.225 e. The van der Waals surface area contributed by atoms with Gasteiger partial charge in [0, 0.05) is 32.1 Å². The van der Waals surface area contributed by atoms with Gasteiger partial charge in [-0.15, -0.1) is 0 Å². The van der Waals surface area contributed by atoms with E-state index in [0.717, 1.165) is 36.8 Å². The van der Waals surface area contributed by atoms with Crippen molar-refractivity contribution in [1.29, 1.82) is 0 Å². The van der Waals surface area contributed by atoms with Crippen molar-refractivity contribution in [1.82, 2.24) is 9.21 Å². The summed E-state index contributed by atoms with van der Waals surface area (Å²) in [5.74, 6) is 0.420. The predicted octanol–water partition coefficient (Wildman–Crippen LogP) is 2.55. The van der Waals surface area contributed by atoms with Crippen LogP contribution in [0.2, 0.25) is 0 Å². The Balaban J connectivity index is 1.55. The van der Waals surface area contributed by atoms with E-state index in [-0.39, 0.29) is 17.6 Å². The zero-order valence-electron chi connectivity index (χ0n) is 15.0. The maximum atomic E-state index is 12.6. The lowest BCUT2D eigenvalue weighted by Crippen LogP contribution is -2.52. The lowest BCUT2D eigenvalue weighted by atomic mass is 9.88. The van der Waals surface area contributed by atoms with E-state index < -0.39 is 10.0 Å². The summed E-state index contributed by atoms with van der Waals surface area (Å²) in [4.78, 5) is 14.5. The average Bonchev–Trinajstić information content (AvgIpc) is 2.64. The molecular weight excluding hydrogens is 336 g/mol. The highest BCUT2D eigenvalue weighted by Gasteiger charge is 2.32. The van der Waals surface area contributed by atoms with Crippen molar-refractivity contribution >= 4 is 15.9 Å². The van der Waals surface area contributed by atoms with Gasteiger partial charge in [-0.25, -0.2) is 8.42 Å². The predicted molar refractivity (Wildman–Crippen MR) is 98.5 cm³/mol. The fourth-order valence-electron chi connectivity index (χ4n) is 3.78. The molecule has 138 valence electrons. The first-order valence-electron chi connectivity index (χ1n) is 9.28. The Hall–Kier alpha value is -1.40. The molecule has 0 atom stereocenters. The van der Waals surface area contributed by atoms with Crippen molar-refractivity contribution in [3.8, 4) is 0 Å². The molecule has 1 aromatic carbocycles. The van der Waals surface area contributed by atoms with Crippen LogP contribution in [0, 0.1) is 12.8 Å². The Labute approximate surface area is 151 Å². The summed E-state index contributed by atoms with van der Waals surface area (Å²) < 4.78 is 26.8. The van der Waals surface area contributed by atoms with Gasteiger partial charge in [0.15, 0.2) is 0 Å². The van der Waals surface area contributed by atoms with E-state index in [2.05, 4.69) is 0 Å². The molecule has 2 fully saturated rings. The molecule has 1 saturated carbocycles. The van der Waals surface area contributed by atoms with Gasteiger partial charge in [-0.2, -0.15) is 4.31 Å². The SMILES string of the molecule is Cc1ccc(CS(=O)(=O)N2CCN(C(=O)C3CCCCC3)CC2)cc1. The first-order chi connectivity index (χ1) is 12.0. The Bertz CT molecular complexity index is 686. The molecule has 1 aliphatic heterocycles. The summed E-state index contributed by atoms with van der Waals surface area (Å²) in [7, 11) is -3.33. The normalized spacial score (nSPS) is 20.6. The standard InChI is InChI=1S/C19H28N2O3S/c1-16-7-9-17(10-8-16)15-25(23,24)21-13-11-20(12-14-21)19(22)18-5-3-2-4-6-18/h7-10,18H,2-6,11-15H2,1H3. The van der Waals surface area contributed by atoms with Crippen LogP contribution in [0.25, 0.3) is 0 Å². The van der Waals surface area contributed by atoms with Gasteiger partial charge >= 0.3 is 0 Å². The van der Waals surface area contributed by atoms with Gasteiger partial charge in [-0.1, -0.05) is 49.1 Å². The summed E-state index contributed by atoms with van der Waals surface area (Å²) in [6.07, 6.45) is 5.49. The maximum Gasteiger partial charge on any atom is 0.225 e. The molecule has 1 heterocycles. The fraction of sp³-hybridized carbons (Fsp3) is 0.632. The van der Waals surface area contributed by atoms with Crippen molar-refractivity contribution in [3.63, 3.8) is 0 Å². The molecule has 5 nitrogen and oxygen atoms in total. The third-order valence-corrected chi connectivity index (χ3v) is 7.22. The van der Waals surface area contributed by atoms with Crippen molar-refractivity contribution in [2.24, 2.45) is 5.92 Å². The van der Waals surface area contributed by atoms with Gasteiger partial charge in [0.25, 0.3) is 0 Å². The quantitative estimate of drug-likeness (QED) is 0.825. The zero-order chi connectivity index (χ0) is 17.9. The number of aryl methyl sites for hydroxylation is 1. The lowest BCUT2D eigenvalue weighted by molar-refractivity contribution is -0.137. The van der Waals surface area contributed by atoms with Crippen LogP contribution in [0.3, 0.4) is 0 Å². The molecule has 1 saturated heterocycles. The number of benzene rings is 1. The average molecular weight is 365 g/mol. The van der Waals surface area contributed by atoms with E-state index in [1.165, 1.54) is 10.7 Å². The lowest BCUT2D eigenvalue weighted by Gasteiger charge is -2.36. The minimum Gasteiger partial charge on any atom is -0.340 e. The van der Waals surface area contributed by atoms with E-state index in [4.69, 9.17) is 0 Å². The van der Waals surface area contributed by atoms with E-state index in [1.807, 2.05) is 36.1 Å². The van der Waals surface area contributed by atoms with Gasteiger partial charge in [-0.05, 0) is 25.3 Å². The number of sulfonamides is 1. The molecule has 0 aromatic heterocycles. The number of hydrogen-bond acceptors (Lipinski definition) is 3. The topological polar surface area (TPSA) is 57.7 Å². The van der Waals surface area contributed by atoms with Crippen LogP contribution in [0.15, 0.2) is 24.3 Å². The molecular formula is C19H28N2O3S. The summed E-state index contributed by atoms with van der Waals surface area (Å²) in [6, 6.07) is 7.61. The van der Waals surface area contributed by atoms with Crippen molar-refractivity contribution in [2.45, 2.75) is 44.8 Å². The molecule has 1 amide bonds. The second-order valence-electron chi connectivity index (χ2n) is 7.30. The minimum absolute atomic E-state index is 0.0316. The molecule has 0 N–H and O–H groups in total. The Morgan fingerprint density at radius 2 is 1.60 bits per heavy atom. The van der Waals surface area contributed by atoms with Gasteiger partial charge in [-0.3, -0.25) is 4.79 Å². The summed E-state index contributed by atoms with van der Waals surface area (Å²) >= 11 is 0. The van der Waals surface area contributed by atoms with Crippen molar-refractivity contribution < 1.29 is 13.2 Å². The highest BCUT2D eigenvalue weighted by Crippen LogP contribution is 2.26. The van der Waals surface area contributed by atoms with Crippen LogP contribution in [0.5, 0.6) is 0 Å². The zero-order valence-corrected chi connectivity index (χ0v) is 15.8. The largest absolute Gasteiger partial charge is 0.340 e. The van der Waals surface area contributed by atoms with E-state index in [1.54, 1.807) is 0 Å². The molecule has 6 heteroatoms. The highest BCUT2D eigenvalue weighted by atomic mass is 32.2. The van der Waals surface area contributed by atoms with Crippen LogP contribution in [0.4, 0.5) is 0 Å². The van der Waals surface area contributed by atoms with E-state index >= 15 is 0 Å². The molecule has 0 radical (unpaired) electrons. The van der Waals surface area contributed by atoms with E-state index in [9.17, 15) is 13.2 Å². The maximum absolute atomic E-state index is 12.6. The number of amides is 1. The summed E-state index contributed by atoms with van der Waals surface area (Å²) in [5.41, 5.74) is 1.93. The number of nitrogens with zero attached hydrogens (tertiary/aromatic N) is 2. The Morgan fingerprint density at radius 3 is 2.20 bits per heavy atom. The molecule has 25 heavy (non-hydrogen) atoms. The Morgan fingerprint density at radius 1 is 1.00 bits per heavy atom. The van der Waals surface area contributed by atoms with Gasteiger partial charge in [0.05, 0.1) is 5.75 Å². The fourth-order valence-corrected chi connectivity index (χ4v) is 5.30. The molecule has 0 bridgehead atoms. The van der Waals surface area contributed by atoms with Crippen LogP contribution in [-0.4, -0.2) is 49.7 Å². The number of hydrogen-bond donors (Lipinski definition) is 0.